The monoisotopic (exact) mass is 369 g/mol. The van der Waals surface area contributed by atoms with Crippen LogP contribution in [-0.4, -0.2) is 22.9 Å². The van der Waals surface area contributed by atoms with E-state index in [-0.39, 0.29) is 12.2 Å². The lowest BCUT2D eigenvalue weighted by atomic mass is 10.1. The summed E-state index contributed by atoms with van der Waals surface area (Å²) in [6.07, 6.45) is 6.03. The van der Waals surface area contributed by atoms with Crippen LogP contribution in [0.25, 0.3) is 11.1 Å². The average Bonchev–Trinajstić information content (AvgIpc) is 3.19. The number of ether oxygens (including phenoxy) is 1. The van der Waals surface area contributed by atoms with Gasteiger partial charge < -0.3 is 10.1 Å². The van der Waals surface area contributed by atoms with Crippen LogP contribution in [0.5, 0.6) is 5.75 Å². The molecule has 0 aliphatic carbocycles. The minimum Gasteiger partial charge on any atom is -0.489 e. The van der Waals surface area contributed by atoms with E-state index in [9.17, 15) is 8.78 Å². The molecule has 1 aliphatic heterocycles. The van der Waals surface area contributed by atoms with E-state index < -0.39 is 11.6 Å². The van der Waals surface area contributed by atoms with Crippen molar-refractivity contribution in [2.75, 3.05) is 13.1 Å². The Balaban J connectivity index is 1.48. The van der Waals surface area contributed by atoms with Gasteiger partial charge in [0.25, 0.3) is 0 Å². The summed E-state index contributed by atoms with van der Waals surface area (Å²) in [4.78, 5) is 0. The Labute approximate surface area is 156 Å². The zero-order chi connectivity index (χ0) is 18.6. The molecule has 4 nitrogen and oxygen atoms in total. The van der Waals surface area contributed by atoms with Gasteiger partial charge in [0.1, 0.15) is 24.0 Å². The van der Waals surface area contributed by atoms with Gasteiger partial charge in [-0.15, -0.1) is 0 Å². The second-order valence-electron chi connectivity index (χ2n) is 6.71. The molecular formula is C21H21F2N3O. The summed E-state index contributed by atoms with van der Waals surface area (Å²) < 4.78 is 35.1. The number of aromatic nitrogens is 2. The van der Waals surface area contributed by atoms with E-state index in [0.29, 0.717) is 11.8 Å². The first-order valence-corrected chi connectivity index (χ1v) is 9.12. The van der Waals surface area contributed by atoms with E-state index in [1.54, 1.807) is 6.07 Å². The van der Waals surface area contributed by atoms with E-state index in [1.807, 2.05) is 35.3 Å². The average molecular weight is 369 g/mol. The van der Waals surface area contributed by atoms with Crippen LogP contribution in [0.4, 0.5) is 8.78 Å². The Morgan fingerprint density at radius 1 is 1.04 bits per heavy atom. The Hall–Kier alpha value is -2.73. The second-order valence-corrected chi connectivity index (χ2v) is 6.71. The van der Waals surface area contributed by atoms with Gasteiger partial charge in [0.05, 0.1) is 17.8 Å². The van der Waals surface area contributed by atoms with E-state index in [0.717, 1.165) is 37.1 Å². The third-order valence-electron chi connectivity index (χ3n) is 4.90. The fraction of sp³-hybridized carbons (Fsp3) is 0.286. The maximum absolute atomic E-state index is 13.7. The van der Waals surface area contributed by atoms with E-state index >= 15 is 0 Å². The highest BCUT2D eigenvalue weighted by atomic mass is 19.1. The Kier molecular flexibility index (Phi) is 5.16. The minimum atomic E-state index is -0.602. The zero-order valence-corrected chi connectivity index (χ0v) is 14.9. The van der Waals surface area contributed by atoms with Crippen LogP contribution in [0.3, 0.4) is 0 Å². The van der Waals surface area contributed by atoms with Crippen molar-refractivity contribution in [2.24, 2.45) is 0 Å². The Morgan fingerprint density at radius 3 is 2.56 bits per heavy atom. The third-order valence-corrected chi connectivity index (χ3v) is 4.90. The predicted octanol–water partition coefficient (Wildman–Crippen LogP) is 4.33. The van der Waals surface area contributed by atoms with Crippen molar-refractivity contribution in [2.45, 2.75) is 25.5 Å². The van der Waals surface area contributed by atoms with Crippen LogP contribution >= 0.6 is 0 Å². The molecule has 0 amide bonds. The molecule has 140 valence electrons. The molecule has 0 unspecified atom stereocenters. The van der Waals surface area contributed by atoms with Gasteiger partial charge in [0.2, 0.25) is 0 Å². The molecule has 1 fully saturated rings. The lowest BCUT2D eigenvalue weighted by Crippen LogP contribution is -2.29. The molecule has 0 bridgehead atoms. The van der Waals surface area contributed by atoms with Gasteiger partial charge in [-0.2, -0.15) is 5.10 Å². The lowest BCUT2D eigenvalue weighted by molar-refractivity contribution is 0.292. The van der Waals surface area contributed by atoms with Crippen molar-refractivity contribution >= 4 is 0 Å². The molecular weight excluding hydrogens is 348 g/mol. The first kappa shape index (κ1) is 17.7. The molecule has 1 N–H and O–H groups in total. The largest absolute Gasteiger partial charge is 0.489 e. The molecule has 0 spiro atoms. The van der Waals surface area contributed by atoms with Crippen molar-refractivity contribution in [1.82, 2.24) is 15.1 Å². The maximum Gasteiger partial charge on any atom is 0.132 e. The molecule has 0 atom stereocenters. The predicted molar refractivity (Wildman–Crippen MR) is 99.5 cm³/mol. The normalized spacial score (nSPS) is 15.0. The smallest absolute Gasteiger partial charge is 0.132 e. The van der Waals surface area contributed by atoms with Crippen LogP contribution in [0.1, 0.15) is 24.4 Å². The molecule has 3 aromatic rings. The fourth-order valence-corrected chi connectivity index (χ4v) is 3.35. The number of hydrogen-bond donors (Lipinski definition) is 1. The van der Waals surface area contributed by atoms with Crippen LogP contribution in [-0.2, 0) is 6.61 Å². The van der Waals surface area contributed by atoms with Crippen molar-refractivity contribution in [3.05, 3.63) is 72.1 Å². The van der Waals surface area contributed by atoms with E-state index in [2.05, 4.69) is 10.4 Å². The van der Waals surface area contributed by atoms with E-state index in [1.165, 1.54) is 18.2 Å². The number of rotatable bonds is 5. The van der Waals surface area contributed by atoms with Gasteiger partial charge in [-0.05, 0) is 55.8 Å². The zero-order valence-electron chi connectivity index (χ0n) is 14.9. The molecule has 2 aromatic carbocycles. The summed E-state index contributed by atoms with van der Waals surface area (Å²) >= 11 is 0. The van der Waals surface area contributed by atoms with Gasteiger partial charge in [0.15, 0.2) is 0 Å². The van der Waals surface area contributed by atoms with Crippen molar-refractivity contribution in [1.29, 1.82) is 0 Å². The van der Waals surface area contributed by atoms with Crippen molar-refractivity contribution < 1.29 is 13.5 Å². The summed E-state index contributed by atoms with van der Waals surface area (Å²) in [5, 5.41) is 7.87. The van der Waals surface area contributed by atoms with Crippen LogP contribution in [0.15, 0.2) is 54.9 Å². The molecule has 4 rings (SSSR count). The first-order valence-electron chi connectivity index (χ1n) is 9.12. The highest BCUT2D eigenvalue weighted by Crippen LogP contribution is 2.27. The summed E-state index contributed by atoms with van der Waals surface area (Å²) in [6.45, 7) is 1.86. The lowest BCUT2D eigenvalue weighted by Gasteiger charge is -2.22. The van der Waals surface area contributed by atoms with E-state index in [4.69, 9.17) is 4.74 Å². The Bertz CT molecular complexity index is 899. The standard InChI is InChI=1S/C21H21F2N3O/c22-20-5-2-6-21(23)19(20)14-27-18-4-1-3-15(11-18)16-12-25-26(13-16)17-7-9-24-10-8-17/h1-6,11-13,17,24H,7-10,14H2. The van der Waals surface area contributed by atoms with Gasteiger partial charge in [-0.1, -0.05) is 18.2 Å². The first-order chi connectivity index (χ1) is 13.2. The number of nitrogens with one attached hydrogen (secondary N) is 1. The molecule has 0 radical (unpaired) electrons. The quantitative estimate of drug-likeness (QED) is 0.728. The maximum atomic E-state index is 13.7. The van der Waals surface area contributed by atoms with Gasteiger partial charge >= 0.3 is 0 Å². The molecule has 0 saturated carbocycles. The van der Waals surface area contributed by atoms with Crippen LogP contribution < -0.4 is 10.1 Å². The highest BCUT2D eigenvalue weighted by molar-refractivity contribution is 5.63. The summed E-state index contributed by atoms with van der Waals surface area (Å²) in [5.41, 5.74) is 1.89. The second kappa shape index (κ2) is 7.88. The molecule has 1 aliphatic rings. The molecule has 27 heavy (non-hydrogen) atoms. The number of nitrogens with zero attached hydrogens (tertiary/aromatic N) is 2. The fourth-order valence-electron chi connectivity index (χ4n) is 3.35. The highest BCUT2D eigenvalue weighted by Gasteiger charge is 2.16. The minimum absolute atomic E-state index is 0.0679. The number of hydrogen-bond acceptors (Lipinski definition) is 3. The molecule has 1 aromatic heterocycles. The number of benzene rings is 2. The van der Waals surface area contributed by atoms with Crippen molar-refractivity contribution in [3.8, 4) is 16.9 Å². The van der Waals surface area contributed by atoms with Gasteiger partial charge in [-0.3, -0.25) is 4.68 Å². The van der Waals surface area contributed by atoms with Crippen LogP contribution in [0.2, 0.25) is 0 Å². The topological polar surface area (TPSA) is 39.1 Å². The van der Waals surface area contributed by atoms with Gasteiger partial charge in [-0.25, -0.2) is 8.78 Å². The van der Waals surface area contributed by atoms with Gasteiger partial charge in [0, 0.05) is 11.8 Å². The van der Waals surface area contributed by atoms with Crippen molar-refractivity contribution in [3.63, 3.8) is 0 Å². The summed E-state index contributed by atoms with van der Waals surface area (Å²) in [5.74, 6) is -0.645. The Morgan fingerprint density at radius 2 is 1.78 bits per heavy atom. The van der Waals surface area contributed by atoms with Crippen LogP contribution in [0, 0.1) is 11.6 Å². The number of piperidine rings is 1. The third kappa shape index (κ3) is 4.01. The molecule has 6 heteroatoms. The summed E-state index contributed by atoms with van der Waals surface area (Å²) in [6, 6.07) is 11.7. The molecule has 2 heterocycles. The summed E-state index contributed by atoms with van der Waals surface area (Å²) in [7, 11) is 0. The molecule has 1 saturated heterocycles. The SMILES string of the molecule is Fc1cccc(F)c1COc1cccc(-c2cnn(C3CCNCC3)c2)c1. The number of halogens is 2.